The standard InChI is InChI=1S/C13H11FN2O2/c1-7-8(3-2-4-10(7)14)9-5-6-11(15)16-12(9)13(17)18/h2-6H,1H3,(H2,15,16)(H,17,18). The van der Waals surface area contributed by atoms with Crippen LogP contribution in [0, 0.1) is 12.7 Å². The predicted molar refractivity (Wildman–Crippen MR) is 65.7 cm³/mol. The minimum absolute atomic E-state index is 0.116. The summed E-state index contributed by atoms with van der Waals surface area (Å²) in [5, 5.41) is 9.10. The zero-order valence-corrected chi connectivity index (χ0v) is 9.64. The number of nitrogens with two attached hydrogens (primary N) is 1. The first-order valence-electron chi connectivity index (χ1n) is 5.26. The molecule has 0 aliphatic rings. The first-order chi connectivity index (χ1) is 8.50. The van der Waals surface area contributed by atoms with Gasteiger partial charge in [-0.05, 0) is 36.2 Å². The summed E-state index contributed by atoms with van der Waals surface area (Å²) in [5.74, 6) is -1.47. The van der Waals surface area contributed by atoms with E-state index in [2.05, 4.69) is 4.98 Å². The third kappa shape index (κ3) is 2.02. The molecular weight excluding hydrogens is 235 g/mol. The molecular formula is C13H11FN2O2. The first kappa shape index (κ1) is 12.0. The molecule has 1 aromatic heterocycles. The molecule has 0 spiro atoms. The van der Waals surface area contributed by atoms with Gasteiger partial charge in [0, 0.05) is 5.56 Å². The molecule has 18 heavy (non-hydrogen) atoms. The average Bonchev–Trinajstić information content (AvgIpc) is 2.33. The number of hydrogen-bond acceptors (Lipinski definition) is 3. The maximum atomic E-state index is 13.5. The van der Waals surface area contributed by atoms with Crippen LogP contribution in [0.1, 0.15) is 16.1 Å². The number of nitrogens with zero attached hydrogens (tertiary/aromatic N) is 1. The highest BCUT2D eigenvalue weighted by molar-refractivity contribution is 5.94. The third-order valence-corrected chi connectivity index (χ3v) is 2.68. The molecule has 0 fully saturated rings. The van der Waals surface area contributed by atoms with E-state index in [0.29, 0.717) is 16.7 Å². The fourth-order valence-electron chi connectivity index (χ4n) is 1.75. The molecule has 0 saturated carbocycles. The van der Waals surface area contributed by atoms with E-state index in [1.165, 1.54) is 24.3 Å². The molecule has 3 N–H and O–H groups in total. The van der Waals surface area contributed by atoms with Crippen LogP contribution in [0.25, 0.3) is 11.1 Å². The predicted octanol–water partition coefficient (Wildman–Crippen LogP) is 2.48. The lowest BCUT2D eigenvalue weighted by Gasteiger charge is -2.09. The Morgan fingerprint density at radius 1 is 1.28 bits per heavy atom. The fourth-order valence-corrected chi connectivity index (χ4v) is 1.75. The maximum Gasteiger partial charge on any atom is 0.355 e. The summed E-state index contributed by atoms with van der Waals surface area (Å²) in [7, 11) is 0. The van der Waals surface area contributed by atoms with Gasteiger partial charge in [-0.1, -0.05) is 12.1 Å². The van der Waals surface area contributed by atoms with Crippen molar-refractivity contribution in [3.8, 4) is 11.1 Å². The summed E-state index contributed by atoms with van der Waals surface area (Å²) >= 11 is 0. The van der Waals surface area contributed by atoms with Crippen molar-refractivity contribution in [3.05, 3.63) is 47.4 Å². The van der Waals surface area contributed by atoms with E-state index < -0.39 is 5.97 Å². The SMILES string of the molecule is Cc1c(F)cccc1-c1ccc(N)nc1C(=O)O. The number of carbonyl (C=O) groups is 1. The molecule has 0 atom stereocenters. The lowest BCUT2D eigenvalue weighted by molar-refractivity contribution is 0.0691. The summed E-state index contributed by atoms with van der Waals surface area (Å²) in [5.41, 5.74) is 6.52. The minimum Gasteiger partial charge on any atom is -0.476 e. The lowest BCUT2D eigenvalue weighted by Crippen LogP contribution is -2.06. The van der Waals surface area contributed by atoms with E-state index in [0.717, 1.165) is 0 Å². The van der Waals surface area contributed by atoms with Gasteiger partial charge < -0.3 is 10.8 Å². The molecule has 1 heterocycles. The molecule has 92 valence electrons. The van der Waals surface area contributed by atoms with Gasteiger partial charge in [-0.3, -0.25) is 0 Å². The topological polar surface area (TPSA) is 76.2 Å². The molecule has 0 amide bonds. The molecule has 0 saturated heterocycles. The number of carboxylic acids is 1. The highest BCUT2D eigenvalue weighted by atomic mass is 19.1. The van der Waals surface area contributed by atoms with Crippen molar-refractivity contribution in [2.45, 2.75) is 6.92 Å². The molecule has 1 aromatic carbocycles. The molecule has 0 unspecified atom stereocenters. The van der Waals surface area contributed by atoms with Gasteiger partial charge in [0.15, 0.2) is 5.69 Å². The Hall–Kier alpha value is -2.43. The molecule has 0 radical (unpaired) electrons. The molecule has 0 aliphatic carbocycles. The van der Waals surface area contributed by atoms with Gasteiger partial charge in [0.2, 0.25) is 0 Å². The number of rotatable bonds is 2. The van der Waals surface area contributed by atoms with E-state index >= 15 is 0 Å². The highest BCUT2D eigenvalue weighted by Gasteiger charge is 2.16. The zero-order chi connectivity index (χ0) is 13.3. The van der Waals surface area contributed by atoms with Crippen LogP contribution >= 0.6 is 0 Å². The van der Waals surface area contributed by atoms with Crippen LogP contribution in [0.3, 0.4) is 0 Å². The van der Waals surface area contributed by atoms with Crippen molar-refractivity contribution in [2.24, 2.45) is 0 Å². The van der Waals surface area contributed by atoms with Crippen molar-refractivity contribution in [2.75, 3.05) is 5.73 Å². The monoisotopic (exact) mass is 246 g/mol. The van der Waals surface area contributed by atoms with Crippen LogP contribution in [0.5, 0.6) is 0 Å². The highest BCUT2D eigenvalue weighted by Crippen LogP contribution is 2.28. The average molecular weight is 246 g/mol. The van der Waals surface area contributed by atoms with Gasteiger partial charge in [0.05, 0.1) is 0 Å². The summed E-state index contributed by atoms with van der Waals surface area (Å²) in [6, 6.07) is 7.53. The largest absolute Gasteiger partial charge is 0.476 e. The second-order valence-corrected chi connectivity index (χ2v) is 3.85. The third-order valence-electron chi connectivity index (χ3n) is 2.68. The Morgan fingerprint density at radius 3 is 2.67 bits per heavy atom. The van der Waals surface area contributed by atoms with Crippen molar-refractivity contribution in [1.29, 1.82) is 0 Å². The van der Waals surface area contributed by atoms with E-state index in [4.69, 9.17) is 10.8 Å². The number of pyridine rings is 1. The number of anilines is 1. The van der Waals surface area contributed by atoms with Crippen LogP contribution in [-0.4, -0.2) is 16.1 Å². The number of carboxylic acid groups (broad SMARTS) is 1. The maximum absolute atomic E-state index is 13.5. The van der Waals surface area contributed by atoms with Crippen molar-refractivity contribution < 1.29 is 14.3 Å². The minimum atomic E-state index is -1.19. The number of aromatic carboxylic acids is 1. The first-order valence-corrected chi connectivity index (χ1v) is 5.26. The normalized spacial score (nSPS) is 10.3. The van der Waals surface area contributed by atoms with Gasteiger partial charge in [-0.2, -0.15) is 0 Å². The number of benzene rings is 1. The van der Waals surface area contributed by atoms with Crippen LogP contribution in [0.4, 0.5) is 10.2 Å². The van der Waals surface area contributed by atoms with Gasteiger partial charge in [-0.25, -0.2) is 14.2 Å². The van der Waals surface area contributed by atoms with Gasteiger partial charge in [0.1, 0.15) is 11.6 Å². The molecule has 4 nitrogen and oxygen atoms in total. The quantitative estimate of drug-likeness (QED) is 0.853. The van der Waals surface area contributed by atoms with Gasteiger partial charge >= 0.3 is 5.97 Å². The van der Waals surface area contributed by atoms with Crippen LogP contribution < -0.4 is 5.73 Å². The zero-order valence-electron chi connectivity index (χ0n) is 9.64. The molecule has 0 bridgehead atoms. The Morgan fingerprint density at radius 2 is 2.00 bits per heavy atom. The summed E-state index contributed by atoms with van der Waals surface area (Å²) in [6.07, 6.45) is 0. The fraction of sp³-hybridized carbons (Fsp3) is 0.0769. The van der Waals surface area contributed by atoms with Crippen molar-refractivity contribution in [3.63, 3.8) is 0 Å². The second-order valence-electron chi connectivity index (χ2n) is 3.85. The molecule has 0 aliphatic heterocycles. The molecule has 2 aromatic rings. The number of hydrogen-bond donors (Lipinski definition) is 2. The lowest BCUT2D eigenvalue weighted by atomic mass is 9.99. The molecule has 2 rings (SSSR count). The number of halogens is 1. The van der Waals surface area contributed by atoms with E-state index in [-0.39, 0.29) is 17.3 Å². The molecule has 5 heteroatoms. The van der Waals surface area contributed by atoms with Gasteiger partial charge in [0.25, 0.3) is 0 Å². The van der Waals surface area contributed by atoms with Crippen molar-refractivity contribution in [1.82, 2.24) is 4.98 Å². The Labute approximate surface area is 103 Å². The van der Waals surface area contributed by atoms with E-state index in [1.807, 2.05) is 0 Å². The van der Waals surface area contributed by atoms with Crippen LogP contribution in [-0.2, 0) is 0 Å². The van der Waals surface area contributed by atoms with Crippen LogP contribution in [0.15, 0.2) is 30.3 Å². The van der Waals surface area contributed by atoms with Gasteiger partial charge in [-0.15, -0.1) is 0 Å². The van der Waals surface area contributed by atoms with E-state index in [1.54, 1.807) is 13.0 Å². The Kier molecular flexibility index (Phi) is 2.97. The summed E-state index contributed by atoms with van der Waals surface area (Å²) in [4.78, 5) is 14.9. The summed E-state index contributed by atoms with van der Waals surface area (Å²) in [6.45, 7) is 1.59. The smallest absolute Gasteiger partial charge is 0.355 e. The Balaban J connectivity index is 2.71. The summed E-state index contributed by atoms with van der Waals surface area (Å²) < 4.78 is 13.5. The van der Waals surface area contributed by atoms with Crippen molar-refractivity contribution >= 4 is 11.8 Å². The second kappa shape index (κ2) is 4.44. The number of nitrogen functional groups attached to an aromatic ring is 1. The van der Waals surface area contributed by atoms with Crippen LogP contribution in [0.2, 0.25) is 0 Å². The Bertz CT molecular complexity index is 626. The van der Waals surface area contributed by atoms with E-state index in [9.17, 15) is 9.18 Å². The number of aromatic nitrogens is 1.